The molecule has 40 heavy (non-hydrogen) atoms. The number of aromatic amines is 1. The summed E-state index contributed by atoms with van der Waals surface area (Å²) >= 11 is 23.2. The van der Waals surface area contributed by atoms with Crippen molar-refractivity contribution < 1.29 is 9.90 Å². The number of nitrogen functional groups attached to an aromatic ring is 2. The molecular formula is C28H18Cl4N6O2. The SMILES string of the molecule is N#Cc1ccc(-c2nc3cc(Cl)c(Cl)cc3[nH]2)cc1.Nc1cc(Cl)c(Cl)cc1N.[C-]#[N+]c1ccc(C(=O)O)cc1. The molecule has 0 fully saturated rings. The molecule has 0 aliphatic carbocycles. The van der Waals surface area contributed by atoms with E-state index >= 15 is 0 Å². The number of hydrogen-bond donors (Lipinski definition) is 4. The van der Waals surface area contributed by atoms with Crippen molar-refractivity contribution in [1.82, 2.24) is 9.97 Å². The number of carboxylic acids is 1. The fraction of sp³-hybridized carbons (Fsp3) is 0. The number of fused-ring (bicyclic) bond motifs is 1. The van der Waals surface area contributed by atoms with Crippen LogP contribution in [0.2, 0.25) is 20.1 Å². The number of aromatic nitrogens is 2. The first-order valence-corrected chi connectivity index (χ1v) is 12.6. The number of nitrogens with two attached hydrogens (primary N) is 2. The largest absolute Gasteiger partial charge is 0.478 e. The molecule has 0 saturated heterocycles. The number of anilines is 2. The summed E-state index contributed by atoms with van der Waals surface area (Å²) in [5.74, 6) is -0.251. The maximum atomic E-state index is 10.3. The number of nitriles is 1. The minimum Gasteiger partial charge on any atom is -0.478 e. The van der Waals surface area contributed by atoms with Gasteiger partial charge < -0.3 is 21.6 Å². The number of carboxylic acid groups (broad SMARTS) is 1. The zero-order valence-electron chi connectivity index (χ0n) is 20.3. The normalized spacial score (nSPS) is 9.85. The van der Waals surface area contributed by atoms with E-state index in [2.05, 4.69) is 20.9 Å². The van der Waals surface area contributed by atoms with Crippen LogP contribution in [0.3, 0.4) is 0 Å². The van der Waals surface area contributed by atoms with Crippen molar-refractivity contribution in [3.63, 3.8) is 0 Å². The van der Waals surface area contributed by atoms with E-state index < -0.39 is 5.97 Å². The first-order valence-electron chi connectivity index (χ1n) is 11.1. The van der Waals surface area contributed by atoms with Crippen molar-refractivity contribution in [2.45, 2.75) is 0 Å². The van der Waals surface area contributed by atoms with Gasteiger partial charge in [-0.05, 0) is 48.5 Å². The van der Waals surface area contributed by atoms with E-state index in [1.165, 1.54) is 36.4 Å². The molecule has 0 saturated carbocycles. The Hall–Kier alpha value is -4.44. The number of hydrogen-bond acceptors (Lipinski definition) is 5. The average molecular weight is 612 g/mol. The molecule has 1 aromatic heterocycles. The minimum atomic E-state index is -0.971. The quantitative estimate of drug-likeness (QED) is 0.116. The number of rotatable bonds is 2. The Morgan fingerprint density at radius 3 is 1.90 bits per heavy atom. The lowest BCUT2D eigenvalue weighted by Crippen LogP contribution is -1.93. The van der Waals surface area contributed by atoms with Gasteiger partial charge in [-0.3, -0.25) is 0 Å². The number of benzene rings is 4. The Bertz CT molecular complexity index is 1670. The van der Waals surface area contributed by atoms with Crippen LogP contribution in [0, 0.1) is 17.9 Å². The van der Waals surface area contributed by atoms with E-state index in [9.17, 15) is 4.79 Å². The second kappa shape index (κ2) is 13.6. The molecule has 6 N–H and O–H groups in total. The summed E-state index contributed by atoms with van der Waals surface area (Å²) < 4.78 is 0. The number of imidazole rings is 1. The molecule has 5 rings (SSSR count). The molecule has 0 radical (unpaired) electrons. The lowest BCUT2D eigenvalue weighted by Gasteiger charge is -2.00. The van der Waals surface area contributed by atoms with Crippen molar-refractivity contribution in [3.05, 3.63) is 115 Å². The predicted octanol–water partition coefficient (Wildman–Crippen LogP) is 8.50. The summed E-state index contributed by atoms with van der Waals surface area (Å²) in [5, 5.41) is 19.1. The van der Waals surface area contributed by atoms with Gasteiger partial charge in [0.1, 0.15) is 5.82 Å². The Balaban J connectivity index is 0.000000180. The molecule has 0 atom stereocenters. The molecule has 200 valence electrons. The third kappa shape index (κ3) is 7.79. The van der Waals surface area contributed by atoms with Crippen LogP contribution in [0.15, 0.2) is 72.8 Å². The van der Waals surface area contributed by atoms with Gasteiger partial charge in [0.2, 0.25) is 0 Å². The van der Waals surface area contributed by atoms with Gasteiger partial charge in [-0.15, -0.1) is 0 Å². The van der Waals surface area contributed by atoms with E-state index in [1.807, 2.05) is 12.1 Å². The summed E-state index contributed by atoms with van der Waals surface area (Å²) in [7, 11) is 0. The molecule has 5 aromatic rings. The predicted molar refractivity (Wildman–Crippen MR) is 161 cm³/mol. The first-order chi connectivity index (χ1) is 19.0. The number of carbonyl (C=O) groups is 1. The lowest BCUT2D eigenvalue weighted by molar-refractivity contribution is 0.0697. The van der Waals surface area contributed by atoms with Gasteiger partial charge in [-0.1, -0.05) is 70.7 Å². The Kier molecular flexibility index (Phi) is 10.2. The van der Waals surface area contributed by atoms with E-state index in [4.69, 9.17) is 74.8 Å². The monoisotopic (exact) mass is 610 g/mol. The van der Waals surface area contributed by atoms with Crippen LogP contribution in [0.1, 0.15) is 15.9 Å². The lowest BCUT2D eigenvalue weighted by atomic mass is 10.1. The highest BCUT2D eigenvalue weighted by molar-refractivity contribution is 6.43. The number of H-pyrrole nitrogens is 1. The summed E-state index contributed by atoms with van der Waals surface area (Å²) in [6.07, 6.45) is 0. The summed E-state index contributed by atoms with van der Waals surface area (Å²) in [5.41, 5.74) is 15.5. The highest BCUT2D eigenvalue weighted by atomic mass is 35.5. The van der Waals surface area contributed by atoms with E-state index in [-0.39, 0.29) is 5.56 Å². The standard InChI is InChI=1S/C14H7Cl2N3.C8H5NO2.C6H6Cl2N2/c15-10-5-12-13(6-11(10)16)19-14(18-12)9-3-1-8(7-17)2-4-9;1-9-7-4-2-6(3-5-7)8(10)11;7-3-1-5(9)6(10)2-4(3)8/h1-6H,(H,18,19);2-5H,(H,10,11);1-2H,9-10H2. The fourth-order valence-corrected chi connectivity index (χ4v) is 3.77. The van der Waals surface area contributed by atoms with Crippen LogP contribution in [-0.4, -0.2) is 21.0 Å². The second-order valence-electron chi connectivity index (χ2n) is 7.92. The average Bonchev–Trinajstić information content (AvgIpc) is 3.35. The Labute approximate surface area is 249 Å². The van der Waals surface area contributed by atoms with Gasteiger partial charge in [0.25, 0.3) is 0 Å². The molecule has 12 heteroatoms. The van der Waals surface area contributed by atoms with Gasteiger partial charge in [0, 0.05) is 5.56 Å². The molecule has 0 aliphatic heterocycles. The molecule has 0 amide bonds. The van der Waals surface area contributed by atoms with Gasteiger partial charge >= 0.3 is 5.97 Å². The summed E-state index contributed by atoms with van der Waals surface area (Å²) in [6.45, 7) is 6.60. The van der Waals surface area contributed by atoms with Crippen molar-refractivity contribution in [1.29, 1.82) is 5.26 Å². The number of nitrogens with zero attached hydrogens (tertiary/aromatic N) is 3. The third-order valence-electron chi connectivity index (χ3n) is 5.18. The Morgan fingerprint density at radius 2 is 1.40 bits per heavy atom. The number of nitrogens with one attached hydrogen (secondary N) is 1. The van der Waals surface area contributed by atoms with Crippen LogP contribution in [0.25, 0.3) is 27.3 Å². The van der Waals surface area contributed by atoms with E-state index in [0.717, 1.165) is 22.4 Å². The highest BCUT2D eigenvalue weighted by Gasteiger charge is 2.08. The molecular weight excluding hydrogens is 594 g/mol. The van der Waals surface area contributed by atoms with Gasteiger partial charge in [0.05, 0.1) is 66.3 Å². The minimum absolute atomic E-state index is 0.206. The molecule has 0 aliphatic rings. The molecule has 4 aromatic carbocycles. The van der Waals surface area contributed by atoms with Crippen LogP contribution < -0.4 is 11.5 Å². The van der Waals surface area contributed by atoms with Crippen molar-refractivity contribution in [3.8, 4) is 17.5 Å². The van der Waals surface area contributed by atoms with Crippen molar-refractivity contribution >= 4 is 80.5 Å². The van der Waals surface area contributed by atoms with Gasteiger partial charge in [-0.2, -0.15) is 5.26 Å². The fourth-order valence-electron chi connectivity index (χ4n) is 3.10. The topological polar surface area (TPSA) is 146 Å². The highest BCUT2D eigenvalue weighted by Crippen LogP contribution is 2.29. The molecule has 0 spiro atoms. The second-order valence-corrected chi connectivity index (χ2v) is 9.55. The summed E-state index contributed by atoms with van der Waals surface area (Å²) in [6, 6.07) is 21.6. The van der Waals surface area contributed by atoms with Gasteiger partial charge in [-0.25, -0.2) is 14.6 Å². The summed E-state index contributed by atoms with van der Waals surface area (Å²) in [4.78, 5) is 21.1. The third-order valence-corrected chi connectivity index (χ3v) is 6.62. The van der Waals surface area contributed by atoms with E-state index in [0.29, 0.717) is 42.7 Å². The van der Waals surface area contributed by atoms with Crippen LogP contribution in [0.4, 0.5) is 17.1 Å². The van der Waals surface area contributed by atoms with Crippen molar-refractivity contribution in [2.24, 2.45) is 0 Å². The van der Waals surface area contributed by atoms with Crippen LogP contribution >= 0.6 is 46.4 Å². The van der Waals surface area contributed by atoms with E-state index in [1.54, 1.807) is 24.3 Å². The number of halogens is 4. The first kappa shape index (κ1) is 30.1. The zero-order valence-corrected chi connectivity index (χ0v) is 23.3. The van der Waals surface area contributed by atoms with Crippen LogP contribution in [0.5, 0.6) is 0 Å². The maximum Gasteiger partial charge on any atom is 0.335 e. The number of aromatic carboxylic acids is 1. The smallest absolute Gasteiger partial charge is 0.335 e. The molecule has 8 nitrogen and oxygen atoms in total. The van der Waals surface area contributed by atoms with Crippen LogP contribution in [-0.2, 0) is 0 Å². The molecule has 1 heterocycles. The van der Waals surface area contributed by atoms with Gasteiger partial charge in [0.15, 0.2) is 5.69 Å². The Morgan fingerprint density at radius 1 is 0.875 bits per heavy atom. The molecule has 0 unspecified atom stereocenters. The maximum absolute atomic E-state index is 10.3. The zero-order chi connectivity index (χ0) is 29.4. The van der Waals surface area contributed by atoms with Crippen molar-refractivity contribution in [2.75, 3.05) is 11.5 Å². The molecule has 0 bridgehead atoms.